The monoisotopic (exact) mass is 282 g/mol. The van der Waals surface area contributed by atoms with E-state index in [1.54, 1.807) is 17.9 Å². The van der Waals surface area contributed by atoms with Gasteiger partial charge >= 0.3 is 0 Å². The summed E-state index contributed by atoms with van der Waals surface area (Å²) in [6.45, 7) is 2.23. The van der Waals surface area contributed by atoms with Gasteiger partial charge in [0.05, 0.1) is 22.0 Å². The molecule has 1 aromatic rings. The molecule has 1 amide bonds. The third-order valence-electron chi connectivity index (χ3n) is 3.35. The minimum absolute atomic E-state index is 0.0361. The van der Waals surface area contributed by atoms with Crippen molar-refractivity contribution in [2.75, 3.05) is 22.9 Å². The van der Waals surface area contributed by atoms with Crippen LogP contribution in [0.25, 0.3) is 0 Å². The Bertz CT molecular complexity index is 596. The Labute approximate surface area is 113 Å². The smallest absolute Gasteiger partial charge is 0.227 e. The minimum Gasteiger partial charge on any atom is -0.397 e. The fraction of sp³-hybridized carbons (Fsp3) is 0.462. The Morgan fingerprint density at radius 3 is 2.63 bits per heavy atom. The maximum absolute atomic E-state index is 11.8. The van der Waals surface area contributed by atoms with E-state index in [0.717, 1.165) is 12.8 Å². The molecular formula is C13H18N2O3S. The second kappa shape index (κ2) is 5.21. The van der Waals surface area contributed by atoms with Gasteiger partial charge in [-0.2, -0.15) is 0 Å². The van der Waals surface area contributed by atoms with Gasteiger partial charge < -0.3 is 10.6 Å². The molecule has 1 aromatic carbocycles. The van der Waals surface area contributed by atoms with Crippen molar-refractivity contribution >= 4 is 27.1 Å². The Morgan fingerprint density at radius 1 is 1.32 bits per heavy atom. The first-order chi connectivity index (χ1) is 8.95. The van der Waals surface area contributed by atoms with Crippen LogP contribution >= 0.6 is 0 Å². The van der Waals surface area contributed by atoms with Crippen molar-refractivity contribution < 1.29 is 13.2 Å². The average Bonchev–Trinajstić information content (AvgIpc) is 2.39. The van der Waals surface area contributed by atoms with Crippen LogP contribution in [0.2, 0.25) is 0 Å². The third kappa shape index (κ3) is 2.73. The number of nitrogens with zero attached hydrogens (tertiary/aromatic N) is 1. The van der Waals surface area contributed by atoms with E-state index in [4.69, 9.17) is 5.73 Å². The summed E-state index contributed by atoms with van der Waals surface area (Å²) in [6, 6.07) is 4.59. The van der Waals surface area contributed by atoms with E-state index in [2.05, 4.69) is 0 Å². The molecule has 1 aliphatic heterocycles. The van der Waals surface area contributed by atoms with Crippen molar-refractivity contribution in [3.8, 4) is 0 Å². The molecule has 19 heavy (non-hydrogen) atoms. The van der Waals surface area contributed by atoms with E-state index in [0.29, 0.717) is 24.3 Å². The van der Waals surface area contributed by atoms with Gasteiger partial charge in [0.15, 0.2) is 9.84 Å². The number of hydrogen-bond acceptors (Lipinski definition) is 4. The number of benzene rings is 1. The van der Waals surface area contributed by atoms with Crippen LogP contribution in [0.5, 0.6) is 0 Å². The van der Waals surface area contributed by atoms with E-state index >= 15 is 0 Å². The maximum Gasteiger partial charge on any atom is 0.227 e. The molecule has 0 aromatic heterocycles. The van der Waals surface area contributed by atoms with Crippen molar-refractivity contribution in [3.63, 3.8) is 0 Å². The number of hydrogen-bond donors (Lipinski definition) is 1. The van der Waals surface area contributed by atoms with E-state index < -0.39 is 9.84 Å². The molecule has 0 spiro atoms. The fourth-order valence-corrected chi connectivity index (χ4v) is 3.11. The van der Waals surface area contributed by atoms with Gasteiger partial charge in [-0.05, 0) is 31.0 Å². The van der Waals surface area contributed by atoms with E-state index in [9.17, 15) is 13.2 Å². The second-order valence-electron chi connectivity index (χ2n) is 4.63. The van der Waals surface area contributed by atoms with Gasteiger partial charge in [-0.1, -0.05) is 6.92 Å². The molecule has 104 valence electrons. The Morgan fingerprint density at radius 2 is 2.05 bits per heavy atom. The molecule has 1 saturated heterocycles. The number of carbonyl (C=O) groups excluding carboxylic acids is 1. The number of piperidine rings is 1. The van der Waals surface area contributed by atoms with Crippen LogP contribution in [-0.4, -0.2) is 26.6 Å². The van der Waals surface area contributed by atoms with Crippen LogP contribution in [0.1, 0.15) is 26.2 Å². The van der Waals surface area contributed by atoms with Crippen LogP contribution < -0.4 is 10.6 Å². The highest BCUT2D eigenvalue weighted by Crippen LogP contribution is 2.29. The highest BCUT2D eigenvalue weighted by Gasteiger charge is 2.22. The van der Waals surface area contributed by atoms with Gasteiger partial charge in [-0.3, -0.25) is 4.79 Å². The van der Waals surface area contributed by atoms with Gasteiger partial charge in [0.1, 0.15) is 0 Å². The van der Waals surface area contributed by atoms with Crippen molar-refractivity contribution in [2.24, 2.45) is 0 Å². The maximum atomic E-state index is 11.8. The van der Waals surface area contributed by atoms with Crippen molar-refractivity contribution in [1.82, 2.24) is 0 Å². The van der Waals surface area contributed by atoms with Gasteiger partial charge in [0, 0.05) is 13.0 Å². The van der Waals surface area contributed by atoms with Gasteiger partial charge in [0.25, 0.3) is 0 Å². The van der Waals surface area contributed by atoms with Crippen LogP contribution in [-0.2, 0) is 14.6 Å². The summed E-state index contributed by atoms with van der Waals surface area (Å²) in [4.78, 5) is 13.7. The molecule has 0 bridgehead atoms. The molecule has 0 aliphatic carbocycles. The predicted molar refractivity (Wildman–Crippen MR) is 74.8 cm³/mol. The molecule has 2 rings (SSSR count). The van der Waals surface area contributed by atoms with Crippen molar-refractivity contribution in [3.05, 3.63) is 18.2 Å². The number of amides is 1. The largest absolute Gasteiger partial charge is 0.397 e. The van der Waals surface area contributed by atoms with E-state index in [1.165, 1.54) is 12.1 Å². The lowest BCUT2D eigenvalue weighted by Gasteiger charge is -2.28. The molecule has 0 unspecified atom stereocenters. The molecule has 5 nitrogen and oxygen atoms in total. The average molecular weight is 282 g/mol. The second-order valence-corrected chi connectivity index (χ2v) is 6.90. The molecule has 6 heteroatoms. The Hall–Kier alpha value is -1.56. The molecule has 0 atom stereocenters. The molecule has 0 saturated carbocycles. The van der Waals surface area contributed by atoms with Crippen molar-refractivity contribution in [2.45, 2.75) is 31.1 Å². The summed E-state index contributed by atoms with van der Waals surface area (Å²) in [6.07, 6.45) is 2.37. The van der Waals surface area contributed by atoms with Gasteiger partial charge in [-0.15, -0.1) is 0 Å². The molecule has 1 heterocycles. The first-order valence-corrected chi connectivity index (χ1v) is 8.03. The van der Waals surface area contributed by atoms with Crippen molar-refractivity contribution in [1.29, 1.82) is 0 Å². The first-order valence-electron chi connectivity index (χ1n) is 6.38. The van der Waals surface area contributed by atoms with Crippen LogP contribution in [0, 0.1) is 0 Å². The summed E-state index contributed by atoms with van der Waals surface area (Å²) in [5, 5.41) is 0. The molecule has 0 radical (unpaired) electrons. The number of nitrogens with two attached hydrogens (primary N) is 1. The van der Waals surface area contributed by atoms with Gasteiger partial charge in [-0.25, -0.2) is 8.42 Å². The number of sulfone groups is 1. The van der Waals surface area contributed by atoms with Crippen LogP contribution in [0.15, 0.2) is 23.1 Å². The quantitative estimate of drug-likeness (QED) is 0.853. The van der Waals surface area contributed by atoms with E-state index in [1.807, 2.05) is 0 Å². The van der Waals surface area contributed by atoms with Gasteiger partial charge in [0.2, 0.25) is 5.91 Å². The topological polar surface area (TPSA) is 80.5 Å². The number of nitrogen functional groups attached to an aromatic ring is 1. The zero-order valence-electron chi connectivity index (χ0n) is 10.9. The summed E-state index contributed by atoms with van der Waals surface area (Å²) >= 11 is 0. The predicted octanol–water partition coefficient (Wildman–Crippen LogP) is 1.58. The van der Waals surface area contributed by atoms with E-state index in [-0.39, 0.29) is 16.6 Å². The lowest BCUT2D eigenvalue weighted by atomic mass is 10.1. The number of carbonyl (C=O) groups is 1. The zero-order valence-corrected chi connectivity index (χ0v) is 11.7. The number of rotatable bonds is 3. The molecule has 2 N–H and O–H groups in total. The SMILES string of the molecule is CCS(=O)(=O)c1ccc(N2CCCCC2=O)c(N)c1. The lowest BCUT2D eigenvalue weighted by Crippen LogP contribution is -2.35. The Kier molecular flexibility index (Phi) is 3.80. The number of anilines is 2. The standard InChI is InChI=1S/C13H18N2O3S/c1-2-19(17,18)10-6-7-12(11(14)9-10)15-8-4-3-5-13(15)16/h6-7,9H,2-5,8,14H2,1H3. The summed E-state index contributed by atoms with van der Waals surface area (Å²) in [5.41, 5.74) is 6.86. The third-order valence-corrected chi connectivity index (χ3v) is 5.08. The normalized spacial score (nSPS) is 16.7. The van der Waals surface area contributed by atoms with Crippen LogP contribution in [0.3, 0.4) is 0 Å². The fourth-order valence-electron chi connectivity index (χ4n) is 2.20. The molecule has 1 fully saturated rings. The zero-order chi connectivity index (χ0) is 14.0. The summed E-state index contributed by atoms with van der Waals surface area (Å²) in [7, 11) is -3.27. The summed E-state index contributed by atoms with van der Waals surface area (Å²) in [5.74, 6) is 0.0816. The lowest BCUT2D eigenvalue weighted by molar-refractivity contribution is -0.119. The Balaban J connectivity index is 2.37. The molecular weight excluding hydrogens is 264 g/mol. The summed E-state index contributed by atoms with van der Waals surface area (Å²) < 4.78 is 23.5. The first kappa shape index (κ1) is 13.9. The minimum atomic E-state index is -3.27. The highest BCUT2D eigenvalue weighted by molar-refractivity contribution is 7.91. The highest BCUT2D eigenvalue weighted by atomic mass is 32.2. The molecule has 1 aliphatic rings. The van der Waals surface area contributed by atoms with Crippen LogP contribution in [0.4, 0.5) is 11.4 Å².